The number of aliphatic hydroxyl groups excluding tert-OH is 1. The van der Waals surface area contributed by atoms with Crippen molar-refractivity contribution in [3.8, 4) is 5.75 Å². The monoisotopic (exact) mass is 470 g/mol. The lowest BCUT2D eigenvalue weighted by Gasteiger charge is -2.27. The van der Waals surface area contributed by atoms with Crippen LogP contribution < -0.4 is 4.74 Å². The van der Waals surface area contributed by atoms with E-state index in [1.807, 2.05) is 43.3 Å². The third-order valence-corrected chi connectivity index (χ3v) is 6.14. The molecule has 1 atom stereocenters. The predicted octanol–water partition coefficient (Wildman–Crippen LogP) is 4.63. The number of nitrogens with zero attached hydrogens (tertiary/aromatic N) is 2. The second kappa shape index (κ2) is 9.57. The second-order valence-electron chi connectivity index (χ2n) is 9.52. The van der Waals surface area contributed by atoms with Crippen LogP contribution >= 0.6 is 11.6 Å². The van der Waals surface area contributed by atoms with Crippen LogP contribution in [-0.2, 0) is 15.0 Å². The molecule has 1 N–H and O–H groups in total. The van der Waals surface area contributed by atoms with Crippen LogP contribution in [0.25, 0.3) is 5.76 Å². The molecule has 1 heterocycles. The number of methoxy groups -OCH3 is 1. The predicted molar refractivity (Wildman–Crippen MR) is 131 cm³/mol. The van der Waals surface area contributed by atoms with Crippen LogP contribution in [0.15, 0.2) is 48.0 Å². The molecule has 0 saturated carbocycles. The second-order valence-corrected chi connectivity index (χ2v) is 9.92. The summed E-state index contributed by atoms with van der Waals surface area (Å²) in [6, 6.07) is 11.9. The first-order chi connectivity index (χ1) is 15.5. The zero-order chi connectivity index (χ0) is 24.5. The maximum absolute atomic E-state index is 13.1. The van der Waals surface area contributed by atoms with Crippen LogP contribution in [0.1, 0.15) is 43.5 Å². The van der Waals surface area contributed by atoms with Crippen molar-refractivity contribution in [1.82, 2.24) is 9.80 Å². The summed E-state index contributed by atoms with van der Waals surface area (Å²) in [5.74, 6) is -1.13. The summed E-state index contributed by atoms with van der Waals surface area (Å²) < 4.78 is 5.18. The molecular weight excluding hydrogens is 440 g/mol. The van der Waals surface area contributed by atoms with Gasteiger partial charge in [0, 0.05) is 18.7 Å². The van der Waals surface area contributed by atoms with Crippen LogP contribution in [0.5, 0.6) is 5.75 Å². The van der Waals surface area contributed by atoms with Crippen molar-refractivity contribution < 1.29 is 19.4 Å². The summed E-state index contributed by atoms with van der Waals surface area (Å²) in [6.45, 7) is 7.30. The van der Waals surface area contributed by atoms with Gasteiger partial charge in [-0.1, -0.05) is 56.6 Å². The van der Waals surface area contributed by atoms with Crippen molar-refractivity contribution >= 4 is 29.1 Å². The van der Waals surface area contributed by atoms with E-state index in [-0.39, 0.29) is 16.7 Å². The smallest absolute Gasteiger partial charge is 0.295 e. The number of carbonyl (C=O) groups excluding carboxylic acids is 2. The first-order valence-corrected chi connectivity index (χ1v) is 11.2. The lowest BCUT2D eigenvalue weighted by Crippen LogP contribution is -2.35. The molecule has 0 bridgehead atoms. The van der Waals surface area contributed by atoms with Crippen LogP contribution in [0.3, 0.4) is 0 Å². The van der Waals surface area contributed by atoms with Gasteiger partial charge in [-0.3, -0.25) is 9.59 Å². The van der Waals surface area contributed by atoms with Crippen molar-refractivity contribution in [2.24, 2.45) is 0 Å². The number of carbonyl (C=O) groups is 2. The Balaban J connectivity index is 2.15. The molecule has 1 amide bonds. The van der Waals surface area contributed by atoms with E-state index in [1.165, 1.54) is 18.1 Å². The van der Waals surface area contributed by atoms with E-state index in [0.29, 0.717) is 29.4 Å². The maximum Gasteiger partial charge on any atom is 0.295 e. The standard InChI is InChI=1S/C26H31ClN2O4/c1-26(2,3)18-10-7-16(8-11-18)22-21(24(31)25(32)29(22)14-13-28(4)5)23(30)17-9-12-20(33-6)19(27)15-17/h7-12,15,22,30H,13-14H2,1-6H3/t22-/m0/s1. The molecule has 0 aliphatic carbocycles. The fourth-order valence-corrected chi connectivity index (χ4v) is 4.16. The number of aliphatic hydroxyl groups is 1. The van der Waals surface area contributed by atoms with Crippen molar-refractivity contribution in [3.63, 3.8) is 0 Å². The molecule has 0 spiro atoms. The Hall–Kier alpha value is -2.83. The third kappa shape index (κ3) is 5.07. The zero-order valence-corrected chi connectivity index (χ0v) is 20.7. The van der Waals surface area contributed by atoms with E-state index in [0.717, 1.165) is 11.1 Å². The Labute approximate surface area is 200 Å². The highest BCUT2D eigenvalue weighted by Gasteiger charge is 2.46. The molecule has 0 unspecified atom stereocenters. The summed E-state index contributed by atoms with van der Waals surface area (Å²) in [6.07, 6.45) is 0. The van der Waals surface area contributed by atoms with Crippen molar-refractivity contribution in [1.29, 1.82) is 0 Å². The van der Waals surface area contributed by atoms with Crippen LogP contribution in [-0.4, -0.2) is 60.9 Å². The van der Waals surface area contributed by atoms with Gasteiger partial charge in [0.1, 0.15) is 11.5 Å². The molecule has 7 heteroatoms. The number of ether oxygens (including phenoxy) is 1. The van der Waals surface area contributed by atoms with E-state index in [4.69, 9.17) is 16.3 Å². The van der Waals surface area contributed by atoms with Gasteiger partial charge < -0.3 is 19.6 Å². The average molecular weight is 471 g/mol. The number of halogens is 1. The van der Waals surface area contributed by atoms with Crippen molar-refractivity contribution in [2.75, 3.05) is 34.3 Å². The Morgan fingerprint density at radius 3 is 2.27 bits per heavy atom. The number of ketones is 1. The van der Waals surface area contributed by atoms with Crippen molar-refractivity contribution in [3.05, 3.63) is 69.8 Å². The van der Waals surface area contributed by atoms with Crippen LogP contribution in [0, 0.1) is 0 Å². The summed E-state index contributed by atoms with van der Waals surface area (Å²) in [5.41, 5.74) is 2.28. The molecule has 3 rings (SSSR count). The number of amides is 1. The van der Waals surface area contributed by atoms with E-state index < -0.39 is 17.7 Å². The number of hydrogen-bond acceptors (Lipinski definition) is 5. The molecule has 2 aromatic rings. The van der Waals surface area contributed by atoms with Gasteiger partial charge in [0.2, 0.25) is 0 Å². The Bertz CT molecular complexity index is 1080. The fourth-order valence-electron chi connectivity index (χ4n) is 3.90. The molecule has 1 aliphatic rings. The lowest BCUT2D eigenvalue weighted by atomic mass is 9.85. The van der Waals surface area contributed by atoms with Gasteiger partial charge in [-0.05, 0) is 48.8 Å². The normalized spacial score (nSPS) is 18.3. The highest BCUT2D eigenvalue weighted by molar-refractivity contribution is 6.46. The first kappa shape index (κ1) is 24.8. The zero-order valence-electron chi connectivity index (χ0n) is 20.0. The molecule has 176 valence electrons. The summed E-state index contributed by atoms with van der Waals surface area (Å²) >= 11 is 6.25. The van der Waals surface area contributed by atoms with Gasteiger partial charge in [-0.2, -0.15) is 0 Å². The van der Waals surface area contributed by atoms with Crippen LogP contribution in [0.4, 0.5) is 0 Å². The van der Waals surface area contributed by atoms with Crippen LogP contribution in [0.2, 0.25) is 5.02 Å². The SMILES string of the molecule is COc1ccc(C(O)=C2C(=O)C(=O)N(CCN(C)C)[C@H]2c2ccc(C(C)(C)C)cc2)cc1Cl. The van der Waals surface area contributed by atoms with E-state index in [2.05, 4.69) is 20.8 Å². The maximum atomic E-state index is 13.1. The fraction of sp³-hybridized carbons (Fsp3) is 0.385. The minimum atomic E-state index is -0.705. The molecular formula is C26H31ClN2O4. The summed E-state index contributed by atoms with van der Waals surface area (Å²) in [5, 5.41) is 11.5. The Morgan fingerprint density at radius 2 is 1.76 bits per heavy atom. The third-order valence-electron chi connectivity index (χ3n) is 5.85. The van der Waals surface area contributed by atoms with Gasteiger partial charge in [0.05, 0.1) is 23.7 Å². The molecule has 6 nitrogen and oxygen atoms in total. The first-order valence-electron chi connectivity index (χ1n) is 10.8. The molecule has 1 saturated heterocycles. The number of rotatable bonds is 6. The molecule has 1 fully saturated rings. The van der Waals surface area contributed by atoms with E-state index in [9.17, 15) is 14.7 Å². The van der Waals surface area contributed by atoms with E-state index in [1.54, 1.807) is 12.1 Å². The van der Waals surface area contributed by atoms with Gasteiger partial charge in [0.25, 0.3) is 11.7 Å². The quantitative estimate of drug-likeness (QED) is 0.378. The molecule has 33 heavy (non-hydrogen) atoms. The lowest BCUT2D eigenvalue weighted by molar-refractivity contribution is -0.140. The number of likely N-dealkylation sites (N-methyl/N-ethyl adjacent to an activating group) is 1. The summed E-state index contributed by atoms with van der Waals surface area (Å²) in [4.78, 5) is 29.6. The topological polar surface area (TPSA) is 70.1 Å². The molecule has 2 aromatic carbocycles. The molecule has 0 aromatic heterocycles. The van der Waals surface area contributed by atoms with Gasteiger partial charge in [0.15, 0.2) is 0 Å². The number of benzene rings is 2. The Kier molecular flexibility index (Phi) is 7.20. The molecule has 1 aliphatic heterocycles. The number of hydrogen-bond donors (Lipinski definition) is 1. The highest BCUT2D eigenvalue weighted by Crippen LogP contribution is 2.40. The van der Waals surface area contributed by atoms with Gasteiger partial charge >= 0.3 is 0 Å². The summed E-state index contributed by atoms with van der Waals surface area (Å²) in [7, 11) is 5.31. The van der Waals surface area contributed by atoms with Crippen molar-refractivity contribution in [2.45, 2.75) is 32.2 Å². The number of likely N-dealkylation sites (tertiary alicyclic amines) is 1. The minimum absolute atomic E-state index is 0.0366. The highest BCUT2D eigenvalue weighted by atomic mass is 35.5. The Morgan fingerprint density at radius 1 is 1.12 bits per heavy atom. The molecule has 0 radical (unpaired) electrons. The van der Waals surface area contributed by atoms with E-state index >= 15 is 0 Å². The average Bonchev–Trinajstić information content (AvgIpc) is 3.01. The largest absolute Gasteiger partial charge is 0.507 e. The minimum Gasteiger partial charge on any atom is -0.507 e. The van der Waals surface area contributed by atoms with Gasteiger partial charge in [-0.25, -0.2) is 0 Å². The van der Waals surface area contributed by atoms with Gasteiger partial charge in [-0.15, -0.1) is 0 Å². The number of Topliss-reactive ketones (excluding diaryl/α,β-unsaturated/α-hetero) is 1.